The summed E-state index contributed by atoms with van der Waals surface area (Å²) in [7, 11) is 0. The smallest absolute Gasteiger partial charge is 0.321 e. The molecule has 0 amide bonds. The van der Waals surface area contributed by atoms with Crippen LogP contribution in [0.1, 0.15) is 30.3 Å². The van der Waals surface area contributed by atoms with Crippen molar-refractivity contribution < 1.29 is 9.63 Å². The fourth-order valence-corrected chi connectivity index (χ4v) is 1.86. The van der Waals surface area contributed by atoms with Crippen LogP contribution < -0.4 is 11.2 Å². The molecule has 1 aromatic rings. The Bertz CT molecular complexity index is 375. The van der Waals surface area contributed by atoms with E-state index in [1.807, 2.05) is 6.92 Å². The number of hydrogen-bond donors (Lipinski definition) is 3. The molecule has 0 fully saturated rings. The predicted octanol–water partition coefficient (Wildman–Crippen LogP) is 1.16. The lowest BCUT2D eigenvalue weighted by atomic mass is 10.2. The Hall–Kier alpha value is -1.40. The molecule has 0 saturated heterocycles. The van der Waals surface area contributed by atoms with Crippen LogP contribution in [0.5, 0.6) is 0 Å². The summed E-state index contributed by atoms with van der Waals surface area (Å²) < 4.78 is 0. The number of hydroxylamine groups is 1. The molecule has 0 aliphatic rings. The molecule has 0 unspecified atom stereocenters. The lowest BCUT2D eigenvalue weighted by molar-refractivity contribution is -0.150. The van der Waals surface area contributed by atoms with Crippen molar-refractivity contribution in [1.29, 1.82) is 5.41 Å². The summed E-state index contributed by atoms with van der Waals surface area (Å²) in [5.74, 6) is -0.345. The average molecular weight is 227 g/mol. The highest BCUT2D eigenvalue weighted by molar-refractivity contribution is 7.10. The second kappa shape index (κ2) is 4.90. The first-order valence-electron chi connectivity index (χ1n) is 4.36. The average Bonchev–Trinajstić information content (AvgIpc) is 2.62. The first-order chi connectivity index (χ1) is 7.00. The van der Waals surface area contributed by atoms with E-state index < -0.39 is 0 Å². The maximum Gasteiger partial charge on any atom is 0.321 e. The molecule has 0 radical (unpaired) electrons. The Kier molecular flexibility index (Phi) is 3.81. The van der Waals surface area contributed by atoms with E-state index in [4.69, 9.17) is 11.1 Å². The minimum atomic E-state index is -0.384. The number of nitrogens with one attached hydrogen (secondary N) is 2. The molecule has 4 N–H and O–H groups in total. The summed E-state index contributed by atoms with van der Waals surface area (Å²) in [5.41, 5.74) is 8.62. The number of hydrogen-bond acceptors (Lipinski definition) is 5. The van der Waals surface area contributed by atoms with E-state index in [0.29, 0.717) is 5.56 Å². The normalized spacial score (nSPS) is 12.1. The van der Waals surface area contributed by atoms with Gasteiger partial charge in [-0.1, -0.05) is 0 Å². The highest BCUT2D eigenvalue weighted by atomic mass is 32.1. The third-order valence-electron chi connectivity index (χ3n) is 1.74. The fraction of sp³-hybridized carbons (Fsp3) is 0.333. The van der Waals surface area contributed by atoms with Crippen LogP contribution in [0.15, 0.2) is 11.4 Å². The van der Waals surface area contributed by atoms with Crippen LogP contribution in [-0.4, -0.2) is 11.8 Å². The van der Waals surface area contributed by atoms with Crippen LogP contribution in [0.25, 0.3) is 0 Å². The van der Waals surface area contributed by atoms with Crippen LogP contribution in [0.3, 0.4) is 0 Å². The summed E-state index contributed by atoms with van der Waals surface area (Å²) in [6.45, 7) is 3.19. The van der Waals surface area contributed by atoms with E-state index in [-0.39, 0.29) is 17.8 Å². The molecule has 1 atom stereocenters. The number of amidine groups is 1. The Morgan fingerprint density at radius 3 is 2.87 bits per heavy atom. The molecule has 1 heterocycles. The van der Waals surface area contributed by atoms with Gasteiger partial charge in [0.1, 0.15) is 5.84 Å². The Morgan fingerprint density at radius 2 is 2.40 bits per heavy atom. The van der Waals surface area contributed by atoms with Crippen molar-refractivity contribution in [2.24, 2.45) is 5.73 Å². The fourth-order valence-electron chi connectivity index (χ4n) is 0.951. The van der Waals surface area contributed by atoms with Gasteiger partial charge in [0.25, 0.3) is 0 Å². The number of thiophene rings is 1. The standard InChI is InChI=1S/C9H13N3O2S/c1-5(12-14-6(2)13)8-3-7(4-15-8)9(10)11/h3-5,12H,1-2H3,(H3,10,11)/t5-/m1/s1. The molecule has 1 rings (SSSR count). The van der Waals surface area contributed by atoms with Gasteiger partial charge in [-0.3, -0.25) is 10.2 Å². The summed E-state index contributed by atoms with van der Waals surface area (Å²) in [4.78, 5) is 16.2. The zero-order chi connectivity index (χ0) is 11.4. The van der Waals surface area contributed by atoms with Gasteiger partial charge in [-0.15, -0.1) is 16.8 Å². The van der Waals surface area contributed by atoms with Gasteiger partial charge in [0.2, 0.25) is 0 Å². The third-order valence-corrected chi connectivity index (χ3v) is 2.85. The van der Waals surface area contributed by atoms with Crippen molar-refractivity contribution in [3.8, 4) is 0 Å². The largest absolute Gasteiger partial charge is 0.384 e. The Morgan fingerprint density at radius 1 is 1.73 bits per heavy atom. The molecule has 1 aromatic heterocycles. The SMILES string of the molecule is CC(=O)ON[C@H](C)c1cc(C(=N)N)cs1. The number of nitrogens with two attached hydrogens (primary N) is 1. The van der Waals surface area contributed by atoms with Crippen molar-refractivity contribution in [1.82, 2.24) is 5.48 Å². The zero-order valence-electron chi connectivity index (χ0n) is 8.53. The van der Waals surface area contributed by atoms with E-state index in [2.05, 4.69) is 10.3 Å². The van der Waals surface area contributed by atoms with Crippen molar-refractivity contribution in [2.75, 3.05) is 0 Å². The van der Waals surface area contributed by atoms with Crippen molar-refractivity contribution in [3.63, 3.8) is 0 Å². The van der Waals surface area contributed by atoms with E-state index in [1.165, 1.54) is 18.3 Å². The van der Waals surface area contributed by atoms with E-state index in [0.717, 1.165) is 4.88 Å². The maximum atomic E-state index is 10.6. The van der Waals surface area contributed by atoms with Crippen LogP contribution in [-0.2, 0) is 9.63 Å². The topological polar surface area (TPSA) is 88.2 Å². The van der Waals surface area contributed by atoms with Gasteiger partial charge in [0.15, 0.2) is 0 Å². The summed E-state index contributed by atoms with van der Waals surface area (Å²) in [5, 5.41) is 9.03. The van der Waals surface area contributed by atoms with Crippen LogP contribution in [0.2, 0.25) is 0 Å². The minimum absolute atomic E-state index is 0.0391. The van der Waals surface area contributed by atoms with Crippen LogP contribution >= 0.6 is 11.3 Å². The van der Waals surface area contributed by atoms with Crippen LogP contribution in [0.4, 0.5) is 0 Å². The number of carbonyl (C=O) groups excluding carboxylic acids is 1. The number of rotatable bonds is 4. The van der Waals surface area contributed by atoms with Gasteiger partial charge in [-0.25, -0.2) is 0 Å². The molecule has 0 bridgehead atoms. The molecule has 82 valence electrons. The quantitative estimate of drug-likeness (QED) is 0.409. The predicted molar refractivity (Wildman–Crippen MR) is 58.7 cm³/mol. The highest BCUT2D eigenvalue weighted by Gasteiger charge is 2.10. The molecule has 0 aromatic carbocycles. The van der Waals surface area contributed by atoms with Gasteiger partial charge in [-0.05, 0) is 13.0 Å². The van der Waals surface area contributed by atoms with Gasteiger partial charge in [0, 0.05) is 22.7 Å². The number of carbonyl (C=O) groups is 1. The second-order valence-corrected chi connectivity index (χ2v) is 4.03. The molecule has 6 heteroatoms. The highest BCUT2D eigenvalue weighted by Crippen LogP contribution is 2.21. The van der Waals surface area contributed by atoms with Crippen LogP contribution in [0, 0.1) is 5.41 Å². The molecule has 0 aliphatic heterocycles. The molecule has 5 nitrogen and oxygen atoms in total. The summed E-state index contributed by atoms with van der Waals surface area (Å²) >= 11 is 1.46. The summed E-state index contributed by atoms with van der Waals surface area (Å²) in [6, 6.07) is 1.70. The van der Waals surface area contributed by atoms with Gasteiger partial charge in [-0.2, -0.15) is 0 Å². The van der Waals surface area contributed by atoms with Crippen molar-refractivity contribution >= 4 is 23.1 Å². The minimum Gasteiger partial charge on any atom is -0.384 e. The zero-order valence-corrected chi connectivity index (χ0v) is 9.35. The van der Waals surface area contributed by atoms with Gasteiger partial charge >= 0.3 is 5.97 Å². The van der Waals surface area contributed by atoms with E-state index >= 15 is 0 Å². The van der Waals surface area contributed by atoms with Crippen molar-refractivity contribution in [2.45, 2.75) is 19.9 Å². The second-order valence-electron chi connectivity index (χ2n) is 3.08. The molecule has 0 aliphatic carbocycles. The summed E-state index contributed by atoms with van der Waals surface area (Å²) in [6.07, 6.45) is 0. The van der Waals surface area contributed by atoms with Gasteiger partial charge < -0.3 is 10.6 Å². The van der Waals surface area contributed by atoms with E-state index in [1.54, 1.807) is 11.4 Å². The monoisotopic (exact) mass is 227 g/mol. The Balaban J connectivity index is 2.61. The molecule has 0 saturated carbocycles. The first-order valence-corrected chi connectivity index (χ1v) is 5.24. The van der Waals surface area contributed by atoms with Crippen molar-refractivity contribution in [3.05, 3.63) is 21.9 Å². The lowest BCUT2D eigenvalue weighted by Crippen LogP contribution is -2.21. The maximum absolute atomic E-state index is 10.6. The van der Waals surface area contributed by atoms with E-state index in [9.17, 15) is 4.79 Å². The number of nitrogen functional groups attached to an aromatic ring is 1. The molecule has 0 spiro atoms. The molecular weight excluding hydrogens is 214 g/mol. The van der Waals surface area contributed by atoms with Gasteiger partial charge in [0.05, 0.1) is 6.04 Å². The Labute approximate surface area is 91.7 Å². The lowest BCUT2D eigenvalue weighted by Gasteiger charge is -2.09. The molecule has 15 heavy (non-hydrogen) atoms. The molecular formula is C9H13N3O2S. The third kappa shape index (κ3) is 3.34. The first kappa shape index (κ1) is 11.7.